The highest BCUT2D eigenvalue weighted by Gasteiger charge is 2.31. The number of nitrogens with one attached hydrogen (secondary N) is 2. The van der Waals surface area contributed by atoms with Gasteiger partial charge in [-0.3, -0.25) is 4.79 Å². The molecule has 1 aliphatic rings. The number of para-hydroxylation sites is 1. The van der Waals surface area contributed by atoms with Crippen LogP contribution in [0.2, 0.25) is 0 Å². The Bertz CT molecular complexity index is 681. The Labute approximate surface area is 185 Å². The molecule has 11 heteroatoms. The van der Waals surface area contributed by atoms with Gasteiger partial charge in [0.15, 0.2) is 5.96 Å². The zero-order valence-electron chi connectivity index (χ0n) is 16.3. The quantitative estimate of drug-likeness (QED) is 0.322. The van der Waals surface area contributed by atoms with Crippen LogP contribution in [0.3, 0.4) is 0 Å². The molecule has 0 aromatic heterocycles. The van der Waals surface area contributed by atoms with E-state index in [-0.39, 0.29) is 60.4 Å². The molecule has 2 rings (SSSR count). The lowest BCUT2D eigenvalue weighted by molar-refractivity contribution is -0.274. The molecular formula is C18H26F3IN4O3. The van der Waals surface area contributed by atoms with Gasteiger partial charge in [0.1, 0.15) is 5.75 Å². The van der Waals surface area contributed by atoms with Crippen LogP contribution in [0.1, 0.15) is 18.4 Å². The molecule has 1 unspecified atom stereocenters. The van der Waals surface area contributed by atoms with Crippen molar-refractivity contribution in [3.05, 3.63) is 29.8 Å². The molecule has 29 heavy (non-hydrogen) atoms. The Morgan fingerprint density at radius 3 is 2.66 bits per heavy atom. The Morgan fingerprint density at radius 1 is 1.31 bits per heavy atom. The van der Waals surface area contributed by atoms with Crippen molar-refractivity contribution in [2.45, 2.75) is 31.9 Å². The van der Waals surface area contributed by atoms with Crippen molar-refractivity contribution in [3.63, 3.8) is 0 Å². The molecule has 1 fully saturated rings. The molecule has 1 aliphatic heterocycles. The lowest BCUT2D eigenvalue weighted by atomic mass is 10.2. The van der Waals surface area contributed by atoms with Gasteiger partial charge >= 0.3 is 6.36 Å². The van der Waals surface area contributed by atoms with Gasteiger partial charge in [-0.05, 0) is 18.9 Å². The monoisotopic (exact) mass is 530 g/mol. The maximum Gasteiger partial charge on any atom is 0.573 e. The molecule has 1 aromatic carbocycles. The van der Waals surface area contributed by atoms with Gasteiger partial charge in [-0.25, -0.2) is 4.99 Å². The highest BCUT2D eigenvalue weighted by molar-refractivity contribution is 14.0. The Balaban J connectivity index is 0.00000420. The third-order valence-corrected chi connectivity index (χ3v) is 4.03. The number of nitrogens with zero attached hydrogens (tertiary/aromatic N) is 2. The highest BCUT2D eigenvalue weighted by atomic mass is 127. The SMILES string of the molecule is CN(C)C(=O)CNC(=NCc1ccccc1OC(F)(F)F)NCC1CCCO1.I. The van der Waals surface area contributed by atoms with Crippen molar-refractivity contribution in [3.8, 4) is 5.75 Å². The largest absolute Gasteiger partial charge is 0.573 e. The van der Waals surface area contributed by atoms with Crippen LogP contribution in [-0.2, 0) is 16.1 Å². The average molecular weight is 530 g/mol. The van der Waals surface area contributed by atoms with Gasteiger partial charge in [0.2, 0.25) is 5.91 Å². The number of alkyl halides is 3. The summed E-state index contributed by atoms with van der Waals surface area (Å²) in [5.74, 6) is -0.151. The van der Waals surface area contributed by atoms with Crippen molar-refractivity contribution in [2.24, 2.45) is 4.99 Å². The number of carbonyl (C=O) groups is 1. The second-order valence-corrected chi connectivity index (χ2v) is 6.48. The van der Waals surface area contributed by atoms with Crippen LogP contribution in [0.4, 0.5) is 13.2 Å². The number of halogens is 4. The van der Waals surface area contributed by atoms with Crippen molar-refractivity contribution >= 4 is 35.8 Å². The molecule has 1 atom stereocenters. The highest BCUT2D eigenvalue weighted by Crippen LogP contribution is 2.26. The van der Waals surface area contributed by atoms with E-state index >= 15 is 0 Å². The summed E-state index contributed by atoms with van der Waals surface area (Å²) in [6.45, 7) is 1.14. The minimum absolute atomic E-state index is 0. The fourth-order valence-corrected chi connectivity index (χ4v) is 2.53. The first-order chi connectivity index (χ1) is 13.2. The van der Waals surface area contributed by atoms with Gasteiger partial charge < -0.3 is 25.0 Å². The van der Waals surface area contributed by atoms with E-state index in [1.165, 1.54) is 23.1 Å². The topological polar surface area (TPSA) is 75.2 Å². The van der Waals surface area contributed by atoms with Crippen LogP contribution in [0.15, 0.2) is 29.3 Å². The first-order valence-electron chi connectivity index (χ1n) is 8.92. The lowest BCUT2D eigenvalue weighted by Gasteiger charge is -2.17. The van der Waals surface area contributed by atoms with Crippen LogP contribution in [-0.4, -0.2) is 63.0 Å². The van der Waals surface area contributed by atoms with E-state index in [1.807, 2.05) is 0 Å². The molecule has 1 amide bonds. The number of hydrogen-bond acceptors (Lipinski definition) is 4. The van der Waals surface area contributed by atoms with Crippen LogP contribution in [0.25, 0.3) is 0 Å². The third-order valence-electron chi connectivity index (χ3n) is 4.03. The minimum Gasteiger partial charge on any atom is -0.405 e. The van der Waals surface area contributed by atoms with Crippen LogP contribution in [0, 0.1) is 0 Å². The zero-order valence-corrected chi connectivity index (χ0v) is 18.6. The maximum atomic E-state index is 12.6. The van der Waals surface area contributed by atoms with E-state index in [4.69, 9.17) is 4.74 Å². The zero-order chi connectivity index (χ0) is 20.6. The smallest absolute Gasteiger partial charge is 0.405 e. The van der Waals surface area contributed by atoms with Gasteiger partial charge in [-0.2, -0.15) is 0 Å². The van der Waals surface area contributed by atoms with E-state index < -0.39 is 6.36 Å². The fourth-order valence-electron chi connectivity index (χ4n) is 2.53. The summed E-state index contributed by atoms with van der Waals surface area (Å²) in [7, 11) is 3.26. The molecule has 164 valence electrons. The molecule has 0 spiro atoms. The summed E-state index contributed by atoms with van der Waals surface area (Å²) in [6, 6.07) is 5.81. The van der Waals surface area contributed by atoms with E-state index in [2.05, 4.69) is 20.4 Å². The van der Waals surface area contributed by atoms with Crippen LogP contribution < -0.4 is 15.4 Å². The normalized spacial score (nSPS) is 16.7. The summed E-state index contributed by atoms with van der Waals surface area (Å²) in [5.41, 5.74) is 0.275. The third kappa shape index (κ3) is 9.52. The average Bonchev–Trinajstić information content (AvgIpc) is 3.14. The fraction of sp³-hybridized carbons (Fsp3) is 0.556. The number of rotatable bonds is 7. The molecule has 0 bridgehead atoms. The predicted octanol–water partition coefficient (Wildman–Crippen LogP) is 2.51. The Hall–Kier alpha value is -1.76. The van der Waals surface area contributed by atoms with Gasteiger partial charge in [0, 0.05) is 32.8 Å². The number of benzene rings is 1. The number of amides is 1. The molecule has 0 aliphatic carbocycles. The number of carbonyl (C=O) groups excluding carboxylic acids is 1. The molecule has 0 radical (unpaired) electrons. The Kier molecular flexibility index (Phi) is 10.5. The van der Waals surface area contributed by atoms with Crippen LogP contribution >= 0.6 is 24.0 Å². The van der Waals surface area contributed by atoms with Crippen molar-refractivity contribution in [1.82, 2.24) is 15.5 Å². The summed E-state index contributed by atoms with van der Waals surface area (Å²) >= 11 is 0. The van der Waals surface area contributed by atoms with Gasteiger partial charge in [0.05, 0.1) is 19.2 Å². The predicted molar refractivity (Wildman–Crippen MR) is 113 cm³/mol. The number of aliphatic imine (C=N–C) groups is 1. The van der Waals surface area contributed by atoms with Crippen molar-refractivity contribution in [1.29, 1.82) is 0 Å². The van der Waals surface area contributed by atoms with Gasteiger partial charge in [-0.1, -0.05) is 18.2 Å². The van der Waals surface area contributed by atoms with E-state index in [9.17, 15) is 18.0 Å². The molecule has 1 heterocycles. The molecule has 1 aromatic rings. The van der Waals surface area contributed by atoms with Gasteiger partial charge in [0.25, 0.3) is 0 Å². The number of ether oxygens (including phenoxy) is 2. The maximum absolute atomic E-state index is 12.6. The van der Waals surface area contributed by atoms with Crippen molar-refractivity contribution in [2.75, 3.05) is 33.8 Å². The standard InChI is InChI=1S/C18H25F3N4O3.HI/c1-25(2)16(26)12-24-17(23-11-14-7-5-9-27-14)22-10-13-6-3-4-8-15(13)28-18(19,20)21;/h3-4,6,8,14H,5,7,9-12H2,1-2H3,(H2,22,23,24);1H. The molecular weight excluding hydrogens is 504 g/mol. The van der Waals surface area contributed by atoms with Crippen LogP contribution in [0.5, 0.6) is 5.75 Å². The number of likely N-dealkylation sites (N-methyl/N-ethyl adjacent to an activating group) is 1. The Morgan fingerprint density at radius 2 is 2.03 bits per heavy atom. The number of hydrogen-bond donors (Lipinski definition) is 2. The second-order valence-electron chi connectivity index (χ2n) is 6.48. The summed E-state index contributed by atoms with van der Waals surface area (Å²) in [6.07, 6.45) is -2.85. The summed E-state index contributed by atoms with van der Waals surface area (Å²) in [5, 5.41) is 5.97. The van der Waals surface area contributed by atoms with Gasteiger partial charge in [-0.15, -0.1) is 37.1 Å². The second kappa shape index (κ2) is 12.1. The van der Waals surface area contributed by atoms with E-state index in [1.54, 1.807) is 20.2 Å². The van der Waals surface area contributed by atoms with E-state index in [0.717, 1.165) is 12.8 Å². The molecule has 0 saturated carbocycles. The number of guanidine groups is 1. The van der Waals surface area contributed by atoms with Crippen molar-refractivity contribution < 1.29 is 27.4 Å². The first kappa shape index (κ1) is 25.3. The molecule has 1 saturated heterocycles. The lowest BCUT2D eigenvalue weighted by Crippen LogP contribution is -2.45. The molecule has 7 nitrogen and oxygen atoms in total. The summed E-state index contributed by atoms with van der Waals surface area (Å²) < 4.78 is 47.3. The molecule has 2 N–H and O–H groups in total. The first-order valence-corrected chi connectivity index (χ1v) is 8.92. The summed E-state index contributed by atoms with van der Waals surface area (Å²) in [4.78, 5) is 17.5. The minimum atomic E-state index is -4.78. The van der Waals surface area contributed by atoms with E-state index in [0.29, 0.717) is 19.1 Å².